The normalized spacial score (nSPS) is 14.7. The van der Waals surface area contributed by atoms with Gasteiger partial charge >= 0.3 is 53.6 Å². The summed E-state index contributed by atoms with van der Waals surface area (Å²) in [5.74, 6) is -15.8. The molecule has 0 aliphatic carbocycles. The van der Waals surface area contributed by atoms with Crippen molar-refractivity contribution in [1.29, 1.82) is 0 Å². The second kappa shape index (κ2) is 18.4. The molecule has 0 aliphatic rings. The van der Waals surface area contributed by atoms with Gasteiger partial charge in [-0.1, -0.05) is 56.8 Å². The van der Waals surface area contributed by atoms with Crippen LogP contribution in [0.4, 0.5) is 99.2 Å². The number of nitro groups is 1. The number of nitro benzene ring substituents is 1. The first-order valence-electron chi connectivity index (χ1n) is 17.5. The number of anilines is 1. The van der Waals surface area contributed by atoms with Crippen LogP contribution in [0.15, 0.2) is 73.1 Å². The molecule has 2 N–H and O–H groups in total. The summed E-state index contributed by atoms with van der Waals surface area (Å²) in [4.78, 5) is 9.85. The Kier molecular flexibility index (Phi) is 14.5. The monoisotopic (exact) mass is 1110 g/mol. The molecule has 0 spiro atoms. The van der Waals surface area contributed by atoms with E-state index in [0.717, 1.165) is 47.4 Å². The highest BCUT2D eigenvalue weighted by molar-refractivity contribution is 6.38. The van der Waals surface area contributed by atoms with Gasteiger partial charge in [0.05, 0.1) is 43.1 Å². The van der Waals surface area contributed by atoms with Crippen molar-refractivity contribution in [3.63, 3.8) is 0 Å². The molecule has 0 amide bonds. The third-order valence-corrected chi connectivity index (χ3v) is 10.5. The number of nitrogen functional groups attached to an aromatic ring is 1. The van der Waals surface area contributed by atoms with E-state index in [1.807, 2.05) is 0 Å². The summed E-state index contributed by atoms with van der Waals surface area (Å²) in [5, 5.41) is 21.3. The van der Waals surface area contributed by atoms with Gasteiger partial charge in [-0.25, -0.2) is 22.5 Å². The molecule has 0 fully saturated rings. The Labute approximate surface area is 393 Å². The standard InChI is InChI=1S/C18H6Cl2F10N4O2.C18H8Cl2F10N4/c19-9-4-8(15(22,17(25,26)27)16(23,24)18(28,29)30)5-10(20)14(9)33-6-12(31-32-33)7-1-2-11(21)13(3-7)34(35)36;19-9-4-8(15(22,17(25,26)27)16(23,24)18(28,29)30)5-10(20)14(9)34-6-13(32-33-34)7-1-2-11(21)12(31)3-7/h1-6H;1-6H,31H2. The molecule has 70 heavy (non-hydrogen) atoms. The Morgan fingerprint density at radius 1 is 0.500 bits per heavy atom. The number of nitrogens with two attached hydrogens (primary N) is 1. The lowest BCUT2D eigenvalue weighted by molar-refractivity contribution is -0.389. The number of hydrogen-bond donors (Lipinski definition) is 1. The largest absolute Gasteiger partial charge is 0.457 e. The smallest absolute Gasteiger partial charge is 0.396 e. The minimum absolute atomic E-state index is 0.0154. The van der Waals surface area contributed by atoms with Crippen molar-refractivity contribution in [2.24, 2.45) is 0 Å². The zero-order valence-electron chi connectivity index (χ0n) is 32.5. The lowest BCUT2D eigenvalue weighted by Crippen LogP contribution is -2.59. The maximum atomic E-state index is 14.7. The minimum Gasteiger partial charge on any atom is -0.396 e. The molecule has 6 rings (SSSR count). The van der Waals surface area contributed by atoms with Crippen LogP contribution in [0.3, 0.4) is 0 Å². The van der Waals surface area contributed by atoms with Gasteiger partial charge in [0.1, 0.15) is 28.6 Å². The number of alkyl halides is 18. The highest BCUT2D eigenvalue weighted by Crippen LogP contribution is 2.60. The van der Waals surface area contributed by atoms with Crippen LogP contribution in [-0.2, 0) is 11.3 Å². The van der Waals surface area contributed by atoms with Gasteiger partial charge in [-0.3, -0.25) is 10.1 Å². The summed E-state index contributed by atoms with van der Waals surface area (Å²) in [6.45, 7) is 0. The SMILES string of the molecule is Nc1cc(-c2cn(-c3c(Cl)cc(C(F)(C(F)(F)F)C(F)(F)C(F)(F)F)cc3Cl)nn2)ccc1F.O=[N+]([O-])c1cc(-c2cn(-c3c(Cl)cc(C(F)(C(F)(F)F)C(F)(F)C(F)(F)F)cc3Cl)nn2)ccc1F. The maximum Gasteiger partial charge on any atom is 0.457 e. The van der Waals surface area contributed by atoms with Gasteiger partial charge in [0.15, 0.2) is 0 Å². The molecule has 2 aromatic heterocycles. The molecule has 6 aromatic rings. The van der Waals surface area contributed by atoms with E-state index in [4.69, 9.17) is 52.1 Å². The zero-order chi connectivity index (χ0) is 53.3. The summed E-state index contributed by atoms with van der Waals surface area (Å²) in [7, 11) is 0. The van der Waals surface area contributed by atoms with Gasteiger partial charge in [0.2, 0.25) is 5.82 Å². The van der Waals surface area contributed by atoms with Crippen LogP contribution in [0, 0.1) is 21.7 Å². The summed E-state index contributed by atoms with van der Waals surface area (Å²) in [6.07, 6.45) is -25.4. The molecule has 2 heterocycles. The lowest BCUT2D eigenvalue weighted by atomic mass is 9.87. The number of aromatic nitrogens is 6. The van der Waals surface area contributed by atoms with Crippen molar-refractivity contribution in [3.8, 4) is 33.9 Å². The fourth-order valence-electron chi connectivity index (χ4n) is 5.93. The number of nitrogens with zero attached hydrogens (tertiary/aromatic N) is 7. The molecule has 10 nitrogen and oxygen atoms in total. The Bertz CT molecular complexity index is 2930. The van der Waals surface area contributed by atoms with Crippen molar-refractivity contribution >= 4 is 57.8 Å². The first-order chi connectivity index (χ1) is 31.7. The molecule has 0 saturated carbocycles. The fraction of sp³-hybridized carbons (Fsp3) is 0.222. The van der Waals surface area contributed by atoms with Crippen LogP contribution < -0.4 is 5.73 Å². The molecular weight excluding hydrogens is 1100 g/mol. The van der Waals surface area contributed by atoms with Gasteiger partial charge in [-0.15, -0.1) is 10.2 Å². The Balaban J connectivity index is 0.000000261. The van der Waals surface area contributed by atoms with Gasteiger partial charge in [0.25, 0.3) is 0 Å². The van der Waals surface area contributed by atoms with E-state index in [1.165, 1.54) is 6.07 Å². The number of benzene rings is 4. The molecule has 0 radical (unpaired) electrons. The Hall–Kier alpha value is -5.88. The number of halogens is 24. The highest BCUT2D eigenvalue weighted by Gasteiger charge is 2.83. The third-order valence-electron chi connectivity index (χ3n) is 9.36. The Morgan fingerprint density at radius 2 is 0.829 bits per heavy atom. The summed E-state index contributed by atoms with van der Waals surface area (Å²) >= 11 is 23.1. The highest BCUT2D eigenvalue weighted by atomic mass is 35.5. The molecule has 2 atom stereocenters. The predicted molar refractivity (Wildman–Crippen MR) is 204 cm³/mol. The van der Waals surface area contributed by atoms with E-state index >= 15 is 0 Å². The van der Waals surface area contributed by atoms with E-state index in [0.29, 0.717) is 4.68 Å². The van der Waals surface area contributed by atoms with Crippen molar-refractivity contribution < 1.29 is 92.7 Å². The second-order valence-electron chi connectivity index (χ2n) is 13.8. The molecule has 34 heteroatoms. The molecule has 2 unspecified atom stereocenters. The van der Waals surface area contributed by atoms with E-state index < -0.39 is 113 Å². The predicted octanol–water partition coefficient (Wildman–Crippen LogP) is 14.1. The lowest BCUT2D eigenvalue weighted by Gasteiger charge is -2.36. The van der Waals surface area contributed by atoms with Crippen LogP contribution in [0.2, 0.25) is 20.1 Å². The van der Waals surface area contributed by atoms with Crippen LogP contribution in [0.25, 0.3) is 33.9 Å². The topological polar surface area (TPSA) is 131 Å². The van der Waals surface area contributed by atoms with Crippen molar-refractivity contribution in [2.45, 2.75) is 47.9 Å². The molecule has 0 saturated heterocycles. The van der Waals surface area contributed by atoms with E-state index in [-0.39, 0.29) is 52.5 Å². The average molecular weight is 1110 g/mol. The minimum atomic E-state index is -6.95. The van der Waals surface area contributed by atoms with E-state index in [2.05, 4.69) is 20.6 Å². The summed E-state index contributed by atoms with van der Waals surface area (Å²) < 4.78 is 268. The molecule has 378 valence electrons. The number of rotatable bonds is 9. The average Bonchev–Trinajstić information content (AvgIpc) is 3.90. The van der Waals surface area contributed by atoms with Gasteiger partial charge in [0, 0.05) is 28.3 Å². The first kappa shape index (κ1) is 55.1. The van der Waals surface area contributed by atoms with Crippen molar-refractivity contribution in [2.75, 3.05) is 5.73 Å². The third kappa shape index (κ3) is 9.52. The maximum absolute atomic E-state index is 14.7. The van der Waals surface area contributed by atoms with Gasteiger partial charge < -0.3 is 5.73 Å². The van der Waals surface area contributed by atoms with E-state index in [1.54, 1.807) is 0 Å². The van der Waals surface area contributed by atoms with Crippen LogP contribution >= 0.6 is 46.4 Å². The quantitative estimate of drug-likeness (QED) is 0.0660. The van der Waals surface area contributed by atoms with Gasteiger partial charge in [-0.05, 0) is 54.6 Å². The molecule has 4 aromatic carbocycles. The molecule has 0 aliphatic heterocycles. The number of hydrogen-bond acceptors (Lipinski definition) is 7. The van der Waals surface area contributed by atoms with E-state index in [9.17, 15) is 97.9 Å². The second-order valence-corrected chi connectivity index (χ2v) is 15.4. The van der Waals surface area contributed by atoms with Crippen LogP contribution in [0.1, 0.15) is 11.1 Å². The van der Waals surface area contributed by atoms with Gasteiger partial charge in [-0.2, -0.15) is 74.6 Å². The van der Waals surface area contributed by atoms with Crippen molar-refractivity contribution in [3.05, 3.63) is 126 Å². The summed E-state index contributed by atoms with van der Waals surface area (Å²) in [5.41, 5.74) is -13.9. The zero-order valence-corrected chi connectivity index (χ0v) is 35.5. The Morgan fingerprint density at radius 3 is 1.13 bits per heavy atom. The van der Waals surface area contributed by atoms with Crippen LogP contribution in [-0.4, -0.2) is 71.5 Å². The summed E-state index contributed by atoms with van der Waals surface area (Å²) in [6, 6.07) is 5.50. The molecular formula is C36H14Cl4F20N8O2. The van der Waals surface area contributed by atoms with Crippen LogP contribution in [0.5, 0.6) is 0 Å². The molecule has 0 bridgehead atoms. The first-order valence-corrected chi connectivity index (χ1v) is 19.0. The fourth-order valence-corrected chi connectivity index (χ4v) is 7.25. The van der Waals surface area contributed by atoms with Crippen molar-refractivity contribution in [1.82, 2.24) is 30.0 Å².